The van der Waals surface area contributed by atoms with Crippen LogP contribution in [0.3, 0.4) is 0 Å². The molecule has 2 aliphatic rings. The Morgan fingerprint density at radius 2 is 2.00 bits per heavy atom. The maximum atomic E-state index is 5.45. The van der Waals surface area contributed by atoms with Crippen molar-refractivity contribution < 1.29 is 4.74 Å². The van der Waals surface area contributed by atoms with Crippen molar-refractivity contribution in [1.29, 1.82) is 0 Å². The molecule has 2 fully saturated rings. The van der Waals surface area contributed by atoms with Crippen molar-refractivity contribution in [2.75, 3.05) is 6.61 Å². The minimum Gasteiger partial charge on any atom is -0.368 e. The Bertz CT molecular complexity index is 169. The predicted octanol–water partition coefficient (Wildman–Crippen LogP) is 2.24. The van der Waals surface area contributed by atoms with E-state index in [1.807, 2.05) is 0 Å². The molecule has 1 saturated carbocycles. The standard InChI is InChI=1S/C7H13BrOSi/c1-10(2,3)6-5(8)7(6)4-9-7/h5-6H,4H2,1-3H3/t5?,6?,7-/m0/s1. The fourth-order valence-corrected chi connectivity index (χ4v) is 8.31. The normalized spacial score (nSPS) is 51.6. The summed E-state index contributed by atoms with van der Waals surface area (Å²) in [4.78, 5) is 0.687. The zero-order valence-electron chi connectivity index (χ0n) is 6.65. The largest absolute Gasteiger partial charge is 0.368 e. The lowest BCUT2D eigenvalue weighted by atomic mass is 10.5. The van der Waals surface area contributed by atoms with Gasteiger partial charge in [0, 0.05) is 10.4 Å². The number of rotatable bonds is 1. The summed E-state index contributed by atoms with van der Waals surface area (Å²) in [7, 11) is -0.931. The second-order valence-electron chi connectivity index (χ2n) is 4.49. The van der Waals surface area contributed by atoms with E-state index >= 15 is 0 Å². The van der Waals surface area contributed by atoms with Gasteiger partial charge >= 0.3 is 0 Å². The molecule has 3 heteroatoms. The average molecular weight is 221 g/mol. The highest BCUT2D eigenvalue weighted by Gasteiger charge is 2.76. The van der Waals surface area contributed by atoms with E-state index in [1.165, 1.54) is 0 Å². The first-order valence-electron chi connectivity index (χ1n) is 3.76. The zero-order valence-corrected chi connectivity index (χ0v) is 9.23. The molecule has 0 aromatic heterocycles. The van der Waals surface area contributed by atoms with Crippen molar-refractivity contribution >= 4 is 24.0 Å². The lowest BCUT2D eigenvalue weighted by Crippen LogP contribution is -2.22. The lowest BCUT2D eigenvalue weighted by Gasteiger charge is -2.13. The first-order valence-corrected chi connectivity index (χ1v) is 8.26. The van der Waals surface area contributed by atoms with Crippen LogP contribution in [0.2, 0.25) is 25.2 Å². The second-order valence-corrected chi connectivity index (χ2v) is 10.8. The molecule has 58 valence electrons. The van der Waals surface area contributed by atoms with Gasteiger partial charge in [-0.1, -0.05) is 35.6 Å². The van der Waals surface area contributed by atoms with Gasteiger partial charge in [0.05, 0.1) is 14.7 Å². The van der Waals surface area contributed by atoms with E-state index in [0.717, 1.165) is 12.1 Å². The molecule has 1 spiro atoms. The van der Waals surface area contributed by atoms with E-state index in [0.29, 0.717) is 10.4 Å². The molecule has 3 atom stereocenters. The Kier molecular flexibility index (Phi) is 1.24. The van der Waals surface area contributed by atoms with Gasteiger partial charge in [0.25, 0.3) is 0 Å². The molecule has 1 heterocycles. The van der Waals surface area contributed by atoms with E-state index in [9.17, 15) is 0 Å². The molecule has 0 radical (unpaired) electrons. The molecular formula is C7H13BrOSi. The Hall–Kier alpha value is 0.657. The van der Waals surface area contributed by atoms with Crippen LogP contribution in [0.25, 0.3) is 0 Å². The van der Waals surface area contributed by atoms with Gasteiger partial charge in [0.15, 0.2) is 0 Å². The highest BCUT2D eigenvalue weighted by atomic mass is 79.9. The molecule has 0 bridgehead atoms. The van der Waals surface area contributed by atoms with Gasteiger partial charge < -0.3 is 4.74 Å². The topological polar surface area (TPSA) is 12.5 Å². The molecular weight excluding hydrogens is 208 g/mol. The molecule has 0 aromatic rings. The average Bonchev–Trinajstić information content (AvgIpc) is 2.51. The fraction of sp³-hybridized carbons (Fsp3) is 1.00. The maximum Gasteiger partial charge on any atom is 0.106 e. The number of alkyl halides is 1. The van der Waals surface area contributed by atoms with E-state index < -0.39 is 8.07 Å². The van der Waals surface area contributed by atoms with Crippen LogP contribution in [0.1, 0.15) is 0 Å². The summed E-state index contributed by atoms with van der Waals surface area (Å²) in [5.74, 6) is 0. The number of epoxide rings is 1. The van der Waals surface area contributed by atoms with Gasteiger partial charge in [-0.15, -0.1) is 0 Å². The summed E-state index contributed by atoms with van der Waals surface area (Å²) in [6.45, 7) is 8.27. The molecule has 1 saturated heterocycles. The monoisotopic (exact) mass is 220 g/mol. The van der Waals surface area contributed by atoms with Crippen LogP contribution in [0.15, 0.2) is 0 Å². The lowest BCUT2D eigenvalue weighted by molar-refractivity contribution is 0.399. The van der Waals surface area contributed by atoms with Gasteiger partial charge in [-0.2, -0.15) is 0 Å². The van der Waals surface area contributed by atoms with Crippen LogP contribution >= 0.6 is 15.9 Å². The minimum absolute atomic E-state index is 0.338. The van der Waals surface area contributed by atoms with E-state index in [2.05, 4.69) is 35.6 Å². The molecule has 0 amide bonds. The smallest absolute Gasteiger partial charge is 0.106 e. The Morgan fingerprint density at radius 1 is 1.50 bits per heavy atom. The fourth-order valence-electron chi connectivity index (χ4n) is 1.97. The number of halogens is 1. The molecule has 1 aliphatic carbocycles. The first kappa shape index (κ1) is 7.31. The van der Waals surface area contributed by atoms with Crippen molar-refractivity contribution in [2.45, 2.75) is 35.6 Å². The maximum absolute atomic E-state index is 5.45. The highest BCUT2D eigenvalue weighted by Crippen LogP contribution is 2.69. The quantitative estimate of drug-likeness (QED) is 0.376. The summed E-state index contributed by atoms with van der Waals surface area (Å²) in [5.41, 5.74) is 1.21. The summed E-state index contributed by atoms with van der Waals surface area (Å²) >= 11 is 3.68. The van der Waals surface area contributed by atoms with Crippen molar-refractivity contribution in [3.05, 3.63) is 0 Å². The number of ether oxygens (including phenoxy) is 1. The van der Waals surface area contributed by atoms with Gasteiger partial charge in [-0.05, 0) is 0 Å². The molecule has 1 nitrogen and oxygen atoms in total. The molecule has 10 heavy (non-hydrogen) atoms. The van der Waals surface area contributed by atoms with Gasteiger partial charge in [-0.3, -0.25) is 0 Å². The molecule has 2 unspecified atom stereocenters. The Morgan fingerprint density at radius 3 is 2.10 bits per heavy atom. The van der Waals surface area contributed by atoms with E-state index in [4.69, 9.17) is 4.74 Å². The first-order chi connectivity index (χ1) is 4.48. The van der Waals surface area contributed by atoms with Crippen molar-refractivity contribution in [3.8, 4) is 0 Å². The van der Waals surface area contributed by atoms with Crippen LogP contribution in [-0.4, -0.2) is 25.1 Å². The van der Waals surface area contributed by atoms with Crippen LogP contribution < -0.4 is 0 Å². The minimum atomic E-state index is -0.931. The molecule has 1 aliphatic heterocycles. The zero-order chi connectivity index (χ0) is 7.57. The van der Waals surface area contributed by atoms with Gasteiger partial charge in [0.2, 0.25) is 0 Å². The van der Waals surface area contributed by atoms with E-state index in [-0.39, 0.29) is 0 Å². The number of hydrogen-bond acceptors (Lipinski definition) is 1. The van der Waals surface area contributed by atoms with Crippen LogP contribution in [-0.2, 0) is 4.74 Å². The van der Waals surface area contributed by atoms with Gasteiger partial charge in [0.1, 0.15) is 5.60 Å². The van der Waals surface area contributed by atoms with Crippen LogP contribution in [0.5, 0.6) is 0 Å². The van der Waals surface area contributed by atoms with Crippen molar-refractivity contribution in [2.24, 2.45) is 0 Å². The number of hydrogen-bond donors (Lipinski definition) is 0. The molecule has 0 N–H and O–H groups in total. The van der Waals surface area contributed by atoms with E-state index in [1.54, 1.807) is 0 Å². The van der Waals surface area contributed by atoms with Crippen LogP contribution in [0.4, 0.5) is 0 Å². The predicted molar refractivity (Wildman–Crippen MR) is 48.5 cm³/mol. The highest BCUT2D eigenvalue weighted by molar-refractivity contribution is 9.09. The summed E-state index contributed by atoms with van der Waals surface area (Å²) < 4.78 is 5.45. The third-order valence-corrected chi connectivity index (χ3v) is 7.07. The summed E-state index contributed by atoms with van der Waals surface area (Å²) in [5, 5.41) is 0. The molecule has 2 rings (SSSR count). The third-order valence-electron chi connectivity index (χ3n) is 2.59. The van der Waals surface area contributed by atoms with Crippen molar-refractivity contribution in [3.63, 3.8) is 0 Å². The second kappa shape index (κ2) is 1.70. The third kappa shape index (κ3) is 0.771. The Labute approximate surface area is 71.3 Å². The molecule has 0 aromatic carbocycles. The van der Waals surface area contributed by atoms with Crippen molar-refractivity contribution in [1.82, 2.24) is 0 Å². The summed E-state index contributed by atoms with van der Waals surface area (Å²) in [6, 6.07) is 0. The van der Waals surface area contributed by atoms with Crippen LogP contribution in [0, 0.1) is 0 Å². The Balaban J connectivity index is 2.11. The summed E-state index contributed by atoms with van der Waals surface area (Å²) in [6.07, 6.45) is 0. The van der Waals surface area contributed by atoms with Gasteiger partial charge in [-0.25, -0.2) is 0 Å². The SMILES string of the molecule is C[Si](C)(C)C1C(Br)[C@@]12CO2.